The molecular weight excluding hydrogens is 268 g/mol. The summed E-state index contributed by atoms with van der Waals surface area (Å²) >= 11 is 0. The fourth-order valence-corrected chi connectivity index (χ4v) is 2.54. The zero-order chi connectivity index (χ0) is 15.2. The maximum absolute atomic E-state index is 11.7. The number of carbonyl (C=O) groups excluding carboxylic acids is 2. The van der Waals surface area contributed by atoms with E-state index in [4.69, 9.17) is 0 Å². The van der Waals surface area contributed by atoms with E-state index < -0.39 is 0 Å². The molecule has 1 aromatic heterocycles. The second kappa shape index (κ2) is 7.06. The molecule has 1 saturated heterocycles. The average molecular weight is 290 g/mol. The van der Waals surface area contributed by atoms with Gasteiger partial charge in [-0.05, 0) is 31.4 Å². The molecule has 2 amide bonds. The Bertz CT molecular complexity index is 501. The first-order valence-corrected chi connectivity index (χ1v) is 7.33. The summed E-state index contributed by atoms with van der Waals surface area (Å²) in [5, 5.41) is 5.41. The predicted octanol–water partition coefficient (Wildman–Crippen LogP) is 0.794. The maximum atomic E-state index is 11.7. The van der Waals surface area contributed by atoms with Crippen LogP contribution in [0.25, 0.3) is 0 Å². The summed E-state index contributed by atoms with van der Waals surface area (Å²) in [4.78, 5) is 29.6. The summed E-state index contributed by atoms with van der Waals surface area (Å²) in [6, 6.07) is 3.66. The average Bonchev–Trinajstić information content (AvgIpc) is 2.96. The van der Waals surface area contributed by atoms with Crippen LogP contribution < -0.4 is 15.5 Å². The van der Waals surface area contributed by atoms with Crippen LogP contribution in [0.3, 0.4) is 0 Å². The first-order valence-electron chi connectivity index (χ1n) is 7.33. The molecular formula is C15H22N4O2. The van der Waals surface area contributed by atoms with Crippen LogP contribution in [0, 0.1) is 5.92 Å². The number of aromatic nitrogens is 1. The molecule has 0 saturated carbocycles. The quantitative estimate of drug-likeness (QED) is 0.841. The van der Waals surface area contributed by atoms with E-state index >= 15 is 0 Å². The van der Waals surface area contributed by atoms with Crippen LogP contribution in [0.5, 0.6) is 0 Å². The van der Waals surface area contributed by atoms with Crippen molar-refractivity contribution in [1.82, 2.24) is 15.6 Å². The third-order valence-electron chi connectivity index (χ3n) is 3.71. The zero-order valence-electron chi connectivity index (χ0n) is 12.6. The van der Waals surface area contributed by atoms with Crippen molar-refractivity contribution in [2.45, 2.75) is 19.8 Å². The molecule has 2 rings (SSSR count). The van der Waals surface area contributed by atoms with E-state index in [9.17, 15) is 9.59 Å². The molecule has 1 atom stereocenters. The van der Waals surface area contributed by atoms with Crippen LogP contribution in [-0.4, -0.2) is 43.5 Å². The molecule has 0 aromatic carbocycles. The molecule has 0 spiro atoms. The van der Waals surface area contributed by atoms with E-state index in [0.29, 0.717) is 24.4 Å². The Morgan fingerprint density at radius 3 is 2.86 bits per heavy atom. The van der Waals surface area contributed by atoms with Gasteiger partial charge in [0.2, 0.25) is 5.91 Å². The third kappa shape index (κ3) is 3.93. The van der Waals surface area contributed by atoms with Crippen molar-refractivity contribution in [2.75, 3.05) is 31.6 Å². The Hall–Kier alpha value is -2.11. The Morgan fingerprint density at radius 2 is 2.24 bits per heavy atom. The van der Waals surface area contributed by atoms with Gasteiger partial charge in [-0.1, -0.05) is 0 Å². The topological polar surface area (TPSA) is 74.3 Å². The minimum absolute atomic E-state index is 0.0846. The van der Waals surface area contributed by atoms with Crippen molar-refractivity contribution in [2.24, 2.45) is 5.92 Å². The van der Waals surface area contributed by atoms with E-state index in [2.05, 4.69) is 20.5 Å². The van der Waals surface area contributed by atoms with Gasteiger partial charge < -0.3 is 15.5 Å². The number of anilines is 1. The molecule has 0 bridgehead atoms. The largest absolute Gasteiger partial charge is 0.359 e. The molecule has 6 heteroatoms. The molecule has 0 aliphatic carbocycles. The lowest BCUT2D eigenvalue weighted by Gasteiger charge is -2.17. The number of nitrogens with zero attached hydrogens (tertiary/aromatic N) is 2. The van der Waals surface area contributed by atoms with Gasteiger partial charge in [-0.25, -0.2) is 4.98 Å². The van der Waals surface area contributed by atoms with E-state index in [-0.39, 0.29) is 11.8 Å². The summed E-state index contributed by atoms with van der Waals surface area (Å²) in [7, 11) is 1.66. The molecule has 21 heavy (non-hydrogen) atoms. The zero-order valence-corrected chi connectivity index (χ0v) is 12.6. The summed E-state index contributed by atoms with van der Waals surface area (Å²) in [6.45, 7) is 4.22. The van der Waals surface area contributed by atoms with Gasteiger partial charge in [0.05, 0.1) is 5.56 Å². The van der Waals surface area contributed by atoms with Gasteiger partial charge in [0, 0.05) is 39.3 Å². The Kier molecular flexibility index (Phi) is 5.14. The number of amides is 2. The number of nitrogens with one attached hydrogen (secondary N) is 2. The lowest BCUT2D eigenvalue weighted by molar-refractivity contribution is -0.121. The molecule has 1 aliphatic rings. The highest BCUT2D eigenvalue weighted by Crippen LogP contribution is 2.24. The lowest BCUT2D eigenvalue weighted by atomic mass is 10.1. The fourth-order valence-electron chi connectivity index (χ4n) is 2.54. The van der Waals surface area contributed by atoms with Crippen molar-refractivity contribution in [3.63, 3.8) is 0 Å². The number of hydrogen-bond donors (Lipinski definition) is 2. The number of rotatable bonds is 5. The summed E-state index contributed by atoms with van der Waals surface area (Å²) < 4.78 is 0. The first kappa shape index (κ1) is 15.3. The van der Waals surface area contributed by atoms with Crippen LogP contribution in [0.1, 0.15) is 30.1 Å². The first-order chi connectivity index (χ1) is 10.1. The smallest absolute Gasteiger partial charge is 0.252 e. The SMILES string of the molecule is CCNC(=O)c1ccc(N2CC[C@H](CC(=O)NC)C2)nc1. The third-order valence-corrected chi connectivity index (χ3v) is 3.71. The van der Waals surface area contributed by atoms with Gasteiger partial charge in [-0.15, -0.1) is 0 Å². The van der Waals surface area contributed by atoms with Gasteiger partial charge in [0.1, 0.15) is 5.82 Å². The van der Waals surface area contributed by atoms with Crippen molar-refractivity contribution < 1.29 is 9.59 Å². The van der Waals surface area contributed by atoms with Crippen molar-refractivity contribution in [1.29, 1.82) is 0 Å². The molecule has 2 N–H and O–H groups in total. The van der Waals surface area contributed by atoms with Crippen molar-refractivity contribution in [3.05, 3.63) is 23.9 Å². The van der Waals surface area contributed by atoms with E-state index in [1.165, 1.54) is 0 Å². The molecule has 114 valence electrons. The normalized spacial score (nSPS) is 17.6. The van der Waals surface area contributed by atoms with E-state index in [1.54, 1.807) is 19.3 Å². The highest BCUT2D eigenvalue weighted by Gasteiger charge is 2.25. The van der Waals surface area contributed by atoms with E-state index in [0.717, 1.165) is 25.3 Å². The van der Waals surface area contributed by atoms with Crippen LogP contribution in [0.15, 0.2) is 18.3 Å². The van der Waals surface area contributed by atoms with Crippen LogP contribution in [-0.2, 0) is 4.79 Å². The fraction of sp³-hybridized carbons (Fsp3) is 0.533. The predicted molar refractivity (Wildman–Crippen MR) is 81.2 cm³/mol. The van der Waals surface area contributed by atoms with Crippen molar-refractivity contribution in [3.8, 4) is 0 Å². The van der Waals surface area contributed by atoms with Gasteiger partial charge in [-0.2, -0.15) is 0 Å². The van der Waals surface area contributed by atoms with Crippen molar-refractivity contribution >= 4 is 17.6 Å². The summed E-state index contributed by atoms with van der Waals surface area (Å²) in [5.41, 5.74) is 0.571. The number of pyridine rings is 1. The minimum Gasteiger partial charge on any atom is -0.359 e. The van der Waals surface area contributed by atoms with Gasteiger partial charge >= 0.3 is 0 Å². The summed E-state index contributed by atoms with van der Waals surface area (Å²) in [5.74, 6) is 1.22. The van der Waals surface area contributed by atoms with Crippen LogP contribution >= 0.6 is 0 Å². The molecule has 1 fully saturated rings. The highest BCUT2D eigenvalue weighted by atomic mass is 16.2. The Balaban J connectivity index is 1.94. The second-order valence-corrected chi connectivity index (χ2v) is 5.24. The monoisotopic (exact) mass is 290 g/mol. The Labute approximate surface area is 124 Å². The van der Waals surface area contributed by atoms with Crippen LogP contribution in [0.2, 0.25) is 0 Å². The van der Waals surface area contributed by atoms with E-state index in [1.807, 2.05) is 13.0 Å². The molecule has 2 heterocycles. The summed E-state index contributed by atoms with van der Waals surface area (Å²) in [6.07, 6.45) is 3.16. The minimum atomic E-state index is -0.101. The van der Waals surface area contributed by atoms with Gasteiger partial charge in [0.15, 0.2) is 0 Å². The molecule has 1 aromatic rings. The molecule has 1 aliphatic heterocycles. The Morgan fingerprint density at radius 1 is 1.43 bits per heavy atom. The second-order valence-electron chi connectivity index (χ2n) is 5.24. The maximum Gasteiger partial charge on any atom is 0.252 e. The lowest BCUT2D eigenvalue weighted by Crippen LogP contribution is -2.25. The van der Waals surface area contributed by atoms with Gasteiger partial charge in [-0.3, -0.25) is 9.59 Å². The van der Waals surface area contributed by atoms with Crippen LogP contribution in [0.4, 0.5) is 5.82 Å². The highest BCUT2D eigenvalue weighted by molar-refractivity contribution is 5.94. The standard InChI is InChI=1S/C15H22N4O2/c1-3-17-15(21)12-4-5-13(18-9-12)19-7-6-11(10-19)8-14(20)16-2/h4-5,9,11H,3,6-8,10H2,1-2H3,(H,16,20)(H,17,21)/t11-/m1/s1. The van der Waals surface area contributed by atoms with Gasteiger partial charge in [0.25, 0.3) is 5.91 Å². The molecule has 6 nitrogen and oxygen atoms in total. The molecule has 0 radical (unpaired) electrons. The molecule has 0 unspecified atom stereocenters. The number of hydrogen-bond acceptors (Lipinski definition) is 4. The number of carbonyl (C=O) groups is 2.